The standard InChI is InChI=1S/C14H19N5O/c1-10-4-6-16-13(8-10)18-14(20)12-9-17-19(11(12)2)7-3-5-15/h4,6,8-9H,3,5,7,15H2,1-2H3,(H,16,18,20). The Hall–Kier alpha value is -2.21. The predicted molar refractivity (Wildman–Crippen MR) is 77.6 cm³/mol. The smallest absolute Gasteiger partial charge is 0.260 e. The number of nitrogens with one attached hydrogen (secondary N) is 1. The van der Waals surface area contributed by atoms with Crippen LogP contribution in [0.25, 0.3) is 0 Å². The molecule has 6 heteroatoms. The van der Waals surface area contributed by atoms with Gasteiger partial charge in [-0.15, -0.1) is 0 Å². The van der Waals surface area contributed by atoms with Crippen LogP contribution in [0.1, 0.15) is 28.0 Å². The normalized spacial score (nSPS) is 10.6. The van der Waals surface area contributed by atoms with Crippen molar-refractivity contribution < 1.29 is 4.79 Å². The maximum Gasteiger partial charge on any atom is 0.260 e. The van der Waals surface area contributed by atoms with E-state index >= 15 is 0 Å². The Morgan fingerprint density at radius 3 is 2.95 bits per heavy atom. The van der Waals surface area contributed by atoms with E-state index in [1.807, 2.05) is 26.0 Å². The Balaban J connectivity index is 2.11. The second-order valence-corrected chi connectivity index (χ2v) is 4.68. The molecule has 106 valence electrons. The van der Waals surface area contributed by atoms with E-state index in [0.717, 1.165) is 24.2 Å². The lowest BCUT2D eigenvalue weighted by molar-refractivity contribution is 0.102. The lowest BCUT2D eigenvalue weighted by atomic mass is 10.2. The predicted octanol–water partition coefficient (Wildman–Crippen LogP) is 1.50. The zero-order chi connectivity index (χ0) is 14.5. The van der Waals surface area contributed by atoms with Crippen molar-refractivity contribution in [1.29, 1.82) is 0 Å². The maximum atomic E-state index is 12.2. The van der Waals surface area contributed by atoms with E-state index in [4.69, 9.17) is 5.73 Å². The van der Waals surface area contributed by atoms with Gasteiger partial charge >= 0.3 is 0 Å². The van der Waals surface area contributed by atoms with Crippen molar-refractivity contribution in [3.05, 3.63) is 41.3 Å². The highest BCUT2D eigenvalue weighted by molar-refractivity contribution is 6.04. The lowest BCUT2D eigenvalue weighted by Crippen LogP contribution is -2.14. The molecule has 2 aromatic heterocycles. The van der Waals surface area contributed by atoms with Gasteiger partial charge in [-0.1, -0.05) is 0 Å². The van der Waals surface area contributed by atoms with Crippen LogP contribution in [-0.2, 0) is 6.54 Å². The molecular weight excluding hydrogens is 254 g/mol. The van der Waals surface area contributed by atoms with Crippen molar-refractivity contribution in [3.8, 4) is 0 Å². The van der Waals surface area contributed by atoms with Crippen molar-refractivity contribution in [3.63, 3.8) is 0 Å². The monoisotopic (exact) mass is 273 g/mol. The summed E-state index contributed by atoms with van der Waals surface area (Å²) in [6, 6.07) is 3.71. The molecule has 0 aliphatic rings. The van der Waals surface area contributed by atoms with E-state index in [9.17, 15) is 4.79 Å². The second-order valence-electron chi connectivity index (χ2n) is 4.68. The van der Waals surface area contributed by atoms with Crippen molar-refractivity contribution in [2.75, 3.05) is 11.9 Å². The van der Waals surface area contributed by atoms with Crippen molar-refractivity contribution in [2.24, 2.45) is 5.73 Å². The summed E-state index contributed by atoms with van der Waals surface area (Å²) >= 11 is 0. The average Bonchev–Trinajstić information content (AvgIpc) is 2.78. The van der Waals surface area contributed by atoms with E-state index in [0.29, 0.717) is 17.9 Å². The topological polar surface area (TPSA) is 85.8 Å². The zero-order valence-electron chi connectivity index (χ0n) is 11.8. The molecule has 0 spiro atoms. The third kappa shape index (κ3) is 3.21. The largest absolute Gasteiger partial charge is 0.330 e. The number of hydrogen-bond acceptors (Lipinski definition) is 4. The van der Waals surface area contributed by atoms with Gasteiger partial charge < -0.3 is 11.1 Å². The molecule has 3 N–H and O–H groups in total. The van der Waals surface area contributed by atoms with Gasteiger partial charge in [0, 0.05) is 18.4 Å². The van der Waals surface area contributed by atoms with Gasteiger partial charge in [0.15, 0.2) is 0 Å². The molecule has 0 unspecified atom stereocenters. The molecule has 1 amide bonds. The van der Waals surface area contributed by atoms with E-state index in [-0.39, 0.29) is 5.91 Å². The summed E-state index contributed by atoms with van der Waals surface area (Å²) in [5.74, 6) is 0.351. The molecule has 0 bridgehead atoms. The fraction of sp³-hybridized carbons (Fsp3) is 0.357. The summed E-state index contributed by atoms with van der Waals surface area (Å²) in [4.78, 5) is 16.3. The van der Waals surface area contributed by atoms with Crippen LogP contribution in [0.4, 0.5) is 5.82 Å². The van der Waals surface area contributed by atoms with Crippen LogP contribution in [0.5, 0.6) is 0 Å². The fourth-order valence-corrected chi connectivity index (χ4v) is 1.92. The summed E-state index contributed by atoms with van der Waals surface area (Å²) in [6.07, 6.45) is 4.09. The number of nitrogens with two attached hydrogens (primary N) is 1. The number of hydrogen-bond donors (Lipinski definition) is 2. The first kappa shape index (κ1) is 14.2. The van der Waals surface area contributed by atoms with E-state index in [1.165, 1.54) is 0 Å². The third-order valence-electron chi connectivity index (χ3n) is 3.08. The first-order valence-electron chi connectivity index (χ1n) is 6.58. The van der Waals surface area contributed by atoms with Crippen LogP contribution in [0.3, 0.4) is 0 Å². The first-order valence-corrected chi connectivity index (χ1v) is 6.58. The van der Waals surface area contributed by atoms with Gasteiger partial charge in [0.1, 0.15) is 5.82 Å². The summed E-state index contributed by atoms with van der Waals surface area (Å²) in [5, 5.41) is 6.99. The SMILES string of the molecule is Cc1ccnc(NC(=O)c2cnn(CCCN)c2C)c1. The van der Waals surface area contributed by atoms with Gasteiger partial charge in [-0.3, -0.25) is 9.48 Å². The number of carbonyl (C=O) groups is 1. The minimum Gasteiger partial charge on any atom is -0.330 e. The van der Waals surface area contributed by atoms with Gasteiger partial charge in [-0.05, 0) is 44.5 Å². The molecule has 0 aliphatic heterocycles. The van der Waals surface area contributed by atoms with Crippen LogP contribution >= 0.6 is 0 Å². The number of nitrogens with zero attached hydrogens (tertiary/aromatic N) is 3. The molecule has 0 atom stereocenters. The van der Waals surface area contributed by atoms with E-state index in [1.54, 1.807) is 17.1 Å². The highest BCUT2D eigenvalue weighted by Crippen LogP contribution is 2.12. The summed E-state index contributed by atoms with van der Waals surface area (Å²) < 4.78 is 1.80. The number of aromatic nitrogens is 3. The highest BCUT2D eigenvalue weighted by Gasteiger charge is 2.14. The number of pyridine rings is 1. The molecule has 0 aliphatic carbocycles. The van der Waals surface area contributed by atoms with Gasteiger partial charge in [-0.2, -0.15) is 5.10 Å². The lowest BCUT2D eigenvalue weighted by Gasteiger charge is -2.06. The molecule has 2 heterocycles. The molecule has 2 aromatic rings. The molecule has 0 fully saturated rings. The quantitative estimate of drug-likeness (QED) is 0.864. The minimum atomic E-state index is -0.195. The van der Waals surface area contributed by atoms with Crippen LogP contribution in [0.2, 0.25) is 0 Å². The molecule has 0 aromatic carbocycles. The van der Waals surface area contributed by atoms with Crippen LogP contribution in [-0.4, -0.2) is 27.2 Å². The molecule has 0 saturated heterocycles. The summed E-state index contributed by atoms with van der Waals surface area (Å²) in [6.45, 7) is 5.15. The molecule has 2 rings (SSSR count). The van der Waals surface area contributed by atoms with Crippen LogP contribution in [0.15, 0.2) is 24.5 Å². The molecule has 0 radical (unpaired) electrons. The molecule has 20 heavy (non-hydrogen) atoms. The highest BCUT2D eigenvalue weighted by atomic mass is 16.1. The Morgan fingerprint density at radius 2 is 2.25 bits per heavy atom. The Morgan fingerprint density at radius 1 is 1.45 bits per heavy atom. The number of carbonyl (C=O) groups excluding carboxylic acids is 1. The van der Waals surface area contributed by atoms with Gasteiger partial charge in [0.25, 0.3) is 5.91 Å². The van der Waals surface area contributed by atoms with Gasteiger partial charge in [0.05, 0.1) is 11.8 Å². The first-order chi connectivity index (χ1) is 9.61. The minimum absolute atomic E-state index is 0.195. The average molecular weight is 273 g/mol. The Bertz CT molecular complexity index is 605. The van der Waals surface area contributed by atoms with Crippen LogP contribution in [0, 0.1) is 13.8 Å². The van der Waals surface area contributed by atoms with Crippen molar-refractivity contribution >= 4 is 11.7 Å². The van der Waals surface area contributed by atoms with E-state index in [2.05, 4.69) is 15.4 Å². The number of rotatable bonds is 5. The number of anilines is 1. The number of aryl methyl sites for hydroxylation is 2. The third-order valence-corrected chi connectivity index (χ3v) is 3.08. The summed E-state index contributed by atoms with van der Waals surface area (Å²) in [7, 11) is 0. The fourth-order valence-electron chi connectivity index (χ4n) is 1.92. The van der Waals surface area contributed by atoms with E-state index < -0.39 is 0 Å². The zero-order valence-corrected chi connectivity index (χ0v) is 11.8. The van der Waals surface area contributed by atoms with Crippen molar-refractivity contribution in [2.45, 2.75) is 26.8 Å². The Labute approximate surface area is 118 Å². The summed E-state index contributed by atoms with van der Waals surface area (Å²) in [5.41, 5.74) is 7.92. The number of amides is 1. The van der Waals surface area contributed by atoms with Gasteiger partial charge in [0.2, 0.25) is 0 Å². The second kappa shape index (κ2) is 6.29. The van der Waals surface area contributed by atoms with Crippen molar-refractivity contribution in [1.82, 2.24) is 14.8 Å². The Kier molecular flexibility index (Phi) is 4.47. The molecule has 0 saturated carbocycles. The van der Waals surface area contributed by atoms with Gasteiger partial charge in [-0.25, -0.2) is 4.98 Å². The molecular formula is C14H19N5O. The maximum absolute atomic E-state index is 12.2. The van der Waals surface area contributed by atoms with Crippen LogP contribution < -0.4 is 11.1 Å². The molecule has 6 nitrogen and oxygen atoms in total.